The Kier molecular flexibility index (Phi) is 7.26. The molecule has 2 amide bonds. The summed E-state index contributed by atoms with van der Waals surface area (Å²) in [5, 5.41) is 2.47. The van der Waals surface area contributed by atoms with Crippen molar-refractivity contribution in [3.63, 3.8) is 0 Å². The topological polar surface area (TPSA) is 102 Å². The number of hydrazine groups is 1. The van der Waals surface area contributed by atoms with Gasteiger partial charge in [0.1, 0.15) is 10.6 Å². The number of thiophene rings is 1. The van der Waals surface area contributed by atoms with Crippen molar-refractivity contribution in [1.29, 1.82) is 0 Å². The van der Waals surface area contributed by atoms with E-state index in [1.165, 1.54) is 22.2 Å². The molecule has 4 rings (SSSR count). The Morgan fingerprint density at radius 3 is 2.46 bits per heavy atom. The van der Waals surface area contributed by atoms with Crippen molar-refractivity contribution in [1.82, 2.24) is 20.4 Å². The lowest BCUT2D eigenvalue weighted by Crippen LogP contribution is -2.42. The van der Waals surface area contributed by atoms with Crippen LogP contribution in [0.5, 0.6) is 5.75 Å². The minimum atomic E-state index is -0.448. The molecule has 35 heavy (non-hydrogen) atoms. The van der Waals surface area contributed by atoms with Crippen LogP contribution in [0.25, 0.3) is 21.3 Å². The van der Waals surface area contributed by atoms with E-state index in [2.05, 4.69) is 15.8 Å². The molecule has 2 N–H and O–H groups in total. The third-order valence-corrected chi connectivity index (χ3v) is 6.19. The molecule has 2 aromatic carbocycles. The highest BCUT2D eigenvalue weighted by atomic mass is 32.1. The van der Waals surface area contributed by atoms with Crippen molar-refractivity contribution >= 4 is 33.4 Å². The molecule has 0 fully saturated rings. The highest BCUT2D eigenvalue weighted by molar-refractivity contribution is 7.17. The van der Waals surface area contributed by atoms with Gasteiger partial charge in [-0.1, -0.05) is 29.8 Å². The molecule has 2 aromatic heterocycles. The fourth-order valence-electron chi connectivity index (χ4n) is 3.51. The first kappa shape index (κ1) is 24.2. The molecule has 0 radical (unpaired) electrons. The van der Waals surface area contributed by atoms with Crippen LogP contribution < -0.4 is 21.1 Å². The molecule has 0 aliphatic rings. The summed E-state index contributed by atoms with van der Waals surface area (Å²) in [6.45, 7) is 5.98. The summed E-state index contributed by atoms with van der Waals surface area (Å²) < 4.78 is 6.97. The molecule has 8 nitrogen and oxygen atoms in total. The average Bonchev–Trinajstić information content (AvgIpc) is 3.27. The molecule has 180 valence electrons. The molecule has 2 heterocycles. The van der Waals surface area contributed by atoms with Crippen LogP contribution >= 0.6 is 11.3 Å². The molecular weight excluding hydrogens is 464 g/mol. The summed E-state index contributed by atoms with van der Waals surface area (Å²) in [6, 6.07) is 14.6. The third-order valence-electron chi connectivity index (χ3n) is 5.31. The number of aryl methyl sites for hydroxylation is 2. The Balaban J connectivity index is 1.37. The summed E-state index contributed by atoms with van der Waals surface area (Å²) >= 11 is 1.41. The fraction of sp³-hybridized carbons (Fsp3) is 0.231. The van der Waals surface area contributed by atoms with Crippen molar-refractivity contribution < 1.29 is 14.3 Å². The van der Waals surface area contributed by atoms with E-state index in [-0.39, 0.29) is 24.6 Å². The van der Waals surface area contributed by atoms with Crippen molar-refractivity contribution in [2.75, 3.05) is 0 Å². The lowest BCUT2D eigenvalue weighted by molar-refractivity contribution is -0.122. The minimum Gasteiger partial charge on any atom is -0.491 e. The fourth-order valence-corrected chi connectivity index (χ4v) is 4.42. The number of nitrogens with one attached hydrogen (secondary N) is 2. The summed E-state index contributed by atoms with van der Waals surface area (Å²) in [6.07, 6.45) is 1.48. The zero-order valence-electron chi connectivity index (χ0n) is 19.7. The predicted molar refractivity (Wildman–Crippen MR) is 136 cm³/mol. The van der Waals surface area contributed by atoms with Crippen LogP contribution in [-0.4, -0.2) is 27.5 Å². The van der Waals surface area contributed by atoms with Crippen molar-refractivity contribution in [3.05, 3.63) is 81.7 Å². The number of carbonyl (C=O) groups is 2. The summed E-state index contributed by atoms with van der Waals surface area (Å²) in [5.74, 6) is -0.210. The van der Waals surface area contributed by atoms with Gasteiger partial charge in [-0.25, -0.2) is 4.98 Å². The zero-order valence-corrected chi connectivity index (χ0v) is 20.5. The van der Waals surface area contributed by atoms with Crippen LogP contribution in [0.2, 0.25) is 0 Å². The van der Waals surface area contributed by atoms with Crippen molar-refractivity contribution in [2.24, 2.45) is 0 Å². The molecule has 0 bridgehead atoms. The van der Waals surface area contributed by atoms with Crippen molar-refractivity contribution in [2.45, 2.75) is 39.8 Å². The monoisotopic (exact) mass is 490 g/mol. The average molecular weight is 491 g/mol. The second-order valence-electron chi connectivity index (χ2n) is 8.38. The van der Waals surface area contributed by atoms with Gasteiger partial charge in [0.15, 0.2) is 0 Å². The maximum atomic E-state index is 13.1. The number of fused-ring (bicyclic) bond motifs is 1. The lowest BCUT2D eigenvalue weighted by Gasteiger charge is -2.11. The van der Waals surface area contributed by atoms with Gasteiger partial charge in [0.05, 0.1) is 17.8 Å². The predicted octanol–water partition coefficient (Wildman–Crippen LogP) is 4.07. The quantitative estimate of drug-likeness (QED) is 0.380. The van der Waals surface area contributed by atoms with Crippen LogP contribution in [0.15, 0.2) is 65.0 Å². The van der Waals surface area contributed by atoms with Gasteiger partial charge in [-0.05, 0) is 50.6 Å². The Morgan fingerprint density at radius 1 is 1.06 bits per heavy atom. The van der Waals surface area contributed by atoms with Gasteiger partial charge in [0.2, 0.25) is 5.91 Å². The number of nitrogens with zero attached hydrogens (tertiary/aromatic N) is 2. The molecule has 4 aromatic rings. The maximum absolute atomic E-state index is 13.1. The number of amides is 2. The first-order chi connectivity index (χ1) is 16.8. The number of aromatic nitrogens is 2. The molecule has 0 unspecified atom stereocenters. The molecule has 9 heteroatoms. The molecule has 0 saturated carbocycles. The SMILES string of the molecule is Cc1ccc(-c2csc3ncn(CCC(=O)NNC(=O)c4ccc(OC(C)C)cc4)c(=O)c23)cc1. The van der Waals surface area contributed by atoms with Gasteiger partial charge in [-0.3, -0.25) is 29.8 Å². The number of rotatable bonds is 7. The number of ether oxygens (including phenoxy) is 1. The van der Waals surface area contributed by atoms with E-state index in [1.807, 2.05) is 50.4 Å². The van der Waals surface area contributed by atoms with Gasteiger partial charge in [0, 0.05) is 29.5 Å². The van der Waals surface area contributed by atoms with E-state index in [4.69, 9.17) is 4.74 Å². The van der Waals surface area contributed by atoms with E-state index in [1.54, 1.807) is 24.3 Å². The maximum Gasteiger partial charge on any atom is 0.269 e. The summed E-state index contributed by atoms with van der Waals surface area (Å²) in [4.78, 5) is 42.8. The Bertz CT molecular complexity index is 1410. The van der Waals surface area contributed by atoms with Crippen LogP contribution in [0.3, 0.4) is 0 Å². The molecule has 0 aliphatic heterocycles. The molecular formula is C26H26N4O4S. The number of carbonyl (C=O) groups excluding carboxylic acids is 2. The zero-order chi connectivity index (χ0) is 24.9. The Morgan fingerprint density at radius 2 is 1.77 bits per heavy atom. The molecule has 0 aliphatic carbocycles. The minimum absolute atomic E-state index is 0.00145. The number of benzene rings is 2. The van der Waals surface area contributed by atoms with E-state index < -0.39 is 11.8 Å². The van der Waals surface area contributed by atoms with Crippen molar-refractivity contribution in [3.8, 4) is 16.9 Å². The lowest BCUT2D eigenvalue weighted by atomic mass is 10.1. The van der Waals surface area contributed by atoms with Crippen LogP contribution in [0.4, 0.5) is 0 Å². The van der Waals surface area contributed by atoms with Gasteiger partial charge in [-0.15, -0.1) is 11.3 Å². The summed E-state index contributed by atoms with van der Waals surface area (Å²) in [7, 11) is 0. The highest BCUT2D eigenvalue weighted by Gasteiger charge is 2.14. The van der Waals surface area contributed by atoms with E-state index in [9.17, 15) is 14.4 Å². The first-order valence-electron chi connectivity index (χ1n) is 11.2. The smallest absolute Gasteiger partial charge is 0.269 e. The van der Waals surface area contributed by atoms with Crippen LogP contribution in [0, 0.1) is 6.92 Å². The molecule has 0 saturated heterocycles. The van der Waals surface area contributed by atoms with Gasteiger partial charge in [0.25, 0.3) is 11.5 Å². The Hall–Kier alpha value is -3.98. The third kappa shape index (κ3) is 5.75. The number of hydrogen-bond donors (Lipinski definition) is 2. The second-order valence-corrected chi connectivity index (χ2v) is 9.24. The summed E-state index contributed by atoms with van der Waals surface area (Å²) in [5.41, 5.74) is 7.88. The molecule has 0 spiro atoms. The number of hydrogen-bond acceptors (Lipinski definition) is 6. The van der Waals surface area contributed by atoms with E-state index in [0.29, 0.717) is 21.5 Å². The Labute approximate surface area is 206 Å². The normalized spacial score (nSPS) is 11.0. The highest BCUT2D eigenvalue weighted by Crippen LogP contribution is 2.30. The standard InChI is InChI=1S/C26H26N4O4S/c1-16(2)34-20-10-8-19(9-11-20)24(32)29-28-22(31)12-13-30-15-27-25-23(26(30)33)21(14-35-25)18-6-4-17(3)5-7-18/h4-11,14-16H,12-13H2,1-3H3,(H,28,31)(H,29,32). The van der Waals surface area contributed by atoms with E-state index >= 15 is 0 Å². The van der Waals surface area contributed by atoms with Crippen LogP contribution in [0.1, 0.15) is 36.2 Å². The second kappa shape index (κ2) is 10.5. The largest absolute Gasteiger partial charge is 0.491 e. The molecule has 0 atom stereocenters. The van der Waals surface area contributed by atoms with Gasteiger partial charge in [-0.2, -0.15) is 0 Å². The van der Waals surface area contributed by atoms with Gasteiger partial charge >= 0.3 is 0 Å². The van der Waals surface area contributed by atoms with Crippen LogP contribution in [-0.2, 0) is 11.3 Å². The van der Waals surface area contributed by atoms with Gasteiger partial charge < -0.3 is 4.74 Å². The first-order valence-corrected chi connectivity index (χ1v) is 12.1. The van der Waals surface area contributed by atoms with E-state index in [0.717, 1.165) is 16.7 Å².